The standard InChI is InChI=1S/C12H23Br/c1-4-9(2)7-11-8-10(3)5-6-12(11)13/h9-12H,4-8H2,1-3H3. The zero-order valence-electron chi connectivity index (χ0n) is 9.22. The molecule has 0 aliphatic heterocycles. The highest BCUT2D eigenvalue weighted by Gasteiger charge is 2.27. The maximum absolute atomic E-state index is 3.84. The molecule has 1 aliphatic carbocycles. The molecule has 1 saturated carbocycles. The second-order valence-corrected chi connectivity index (χ2v) is 6.12. The van der Waals surface area contributed by atoms with Gasteiger partial charge in [0.2, 0.25) is 0 Å². The number of alkyl halides is 1. The van der Waals surface area contributed by atoms with Crippen molar-refractivity contribution in [3.63, 3.8) is 0 Å². The molecule has 0 nitrogen and oxygen atoms in total. The molecule has 0 amide bonds. The minimum atomic E-state index is 0.803. The molecule has 4 atom stereocenters. The first kappa shape index (κ1) is 11.6. The molecule has 1 rings (SSSR count). The van der Waals surface area contributed by atoms with Crippen LogP contribution in [-0.2, 0) is 0 Å². The van der Waals surface area contributed by atoms with Crippen molar-refractivity contribution >= 4 is 15.9 Å². The number of rotatable bonds is 3. The van der Waals surface area contributed by atoms with Crippen LogP contribution < -0.4 is 0 Å². The van der Waals surface area contributed by atoms with E-state index in [0.717, 1.165) is 22.6 Å². The fourth-order valence-electron chi connectivity index (χ4n) is 2.39. The van der Waals surface area contributed by atoms with Gasteiger partial charge in [0, 0.05) is 4.83 Å². The van der Waals surface area contributed by atoms with Crippen LogP contribution >= 0.6 is 15.9 Å². The Morgan fingerprint density at radius 1 is 1.38 bits per heavy atom. The third kappa shape index (κ3) is 3.61. The molecule has 1 fully saturated rings. The summed E-state index contributed by atoms with van der Waals surface area (Å²) in [7, 11) is 0. The second kappa shape index (κ2) is 5.38. The van der Waals surface area contributed by atoms with Crippen molar-refractivity contribution in [2.45, 2.75) is 57.7 Å². The van der Waals surface area contributed by atoms with Gasteiger partial charge in [0.25, 0.3) is 0 Å². The Hall–Kier alpha value is 0.480. The van der Waals surface area contributed by atoms with Crippen LogP contribution in [0.2, 0.25) is 0 Å². The maximum atomic E-state index is 3.84. The minimum absolute atomic E-state index is 0.803. The summed E-state index contributed by atoms with van der Waals surface area (Å²) in [5.41, 5.74) is 0. The first-order valence-electron chi connectivity index (χ1n) is 5.77. The Labute approximate surface area is 91.6 Å². The lowest BCUT2D eigenvalue weighted by Crippen LogP contribution is -2.25. The van der Waals surface area contributed by atoms with E-state index in [1.54, 1.807) is 0 Å². The SMILES string of the molecule is CCC(C)CC1CC(C)CCC1Br. The van der Waals surface area contributed by atoms with Crippen LogP contribution in [0.15, 0.2) is 0 Å². The molecule has 4 unspecified atom stereocenters. The van der Waals surface area contributed by atoms with Crippen molar-refractivity contribution in [3.8, 4) is 0 Å². The largest absolute Gasteiger partial charge is 0.0888 e. The summed E-state index contributed by atoms with van der Waals surface area (Å²) in [5.74, 6) is 2.82. The summed E-state index contributed by atoms with van der Waals surface area (Å²) in [6.45, 7) is 7.10. The number of hydrogen-bond acceptors (Lipinski definition) is 0. The highest BCUT2D eigenvalue weighted by molar-refractivity contribution is 9.09. The lowest BCUT2D eigenvalue weighted by atomic mass is 9.78. The Morgan fingerprint density at radius 3 is 2.69 bits per heavy atom. The predicted molar refractivity (Wildman–Crippen MR) is 63.3 cm³/mol. The van der Waals surface area contributed by atoms with Gasteiger partial charge in [-0.05, 0) is 43.4 Å². The van der Waals surface area contributed by atoms with Gasteiger partial charge in [0.15, 0.2) is 0 Å². The monoisotopic (exact) mass is 246 g/mol. The molecule has 13 heavy (non-hydrogen) atoms. The molecular weight excluding hydrogens is 224 g/mol. The van der Waals surface area contributed by atoms with E-state index in [2.05, 4.69) is 36.7 Å². The van der Waals surface area contributed by atoms with Gasteiger partial charge >= 0.3 is 0 Å². The normalized spacial score (nSPS) is 37.4. The fraction of sp³-hybridized carbons (Fsp3) is 1.00. The molecule has 0 saturated heterocycles. The van der Waals surface area contributed by atoms with Crippen LogP contribution in [0, 0.1) is 17.8 Å². The van der Waals surface area contributed by atoms with Crippen molar-refractivity contribution in [3.05, 3.63) is 0 Å². The van der Waals surface area contributed by atoms with Crippen LogP contribution in [0.25, 0.3) is 0 Å². The topological polar surface area (TPSA) is 0 Å². The summed E-state index contributed by atoms with van der Waals surface area (Å²) in [6.07, 6.45) is 7.02. The van der Waals surface area contributed by atoms with Crippen molar-refractivity contribution in [2.75, 3.05) is 0 Å². The number of halogens is 1. The molecular formula is C12H23Br. The highest BCUT2D eigenvalue weighted by Crippen LogP contribution is 2.37. The van der Waals surface area contributed by atoms with E-state index >= 15 is 0 Å². The third-order valence-electron chi connectivity index (χ3n) is 3.55. The van der Waals surface area contributed by atoms with Gasteiger partial charge in [-0.3, -0.25) is 0 Å². The first-order valence-corrected chi connectivity index (χ1v) is 6.69. The van der Waals surface area contributed by atoms with Gasteiger partial charge in [0.05, 0.1) is 0 Å². The quantitative estimate of drug-likeness (QED) is 0.638. The lowest BCUT2D eigenvalue weighted by Gasteiger charge is -2.33. The fourth-order valence-corrected chi connectivity index (χ4v) is 3.09. The Bertz CT molecular complexity index is 144. The van der Waals surface area contributed by atoms with Gasteiger partial charge in [-0.25, -0.2) is 0 Å². The smallest absolute Gasteiger partial charge is 0.0174 e. The summed E-state index contributed by atoms with van der Waals surface area (Å²) in [4.78, 5) is 0.803. The van der Waals surface area contributed by atoms with Gasteiger partial charge < -0.3 is 0 Å². The molecule has 0 N–H and O–H groups in total. The van der Waals surface area contributed by atoms with E-state index in [1.165, 1.54) is 32.1 Å². The summed E-state index contributed by atoms with van der Waals surface area (Å²) < 4.78 is 0. The van der Waals surface area contributed by atoms with Crippen LogP contribution in [0.3, 0.4) is 0 Å². The van der Waals surface area contributed by atoms with Gasteiger partial charge in [-0.1, -0.05) is 43.1 Å². The minimum Gasteiger partial charge on any atom is -0.0888 e. The summed E-state index contributed by atoms with van der Waals surface area (Å²) in [5, 5.41) is 0. The predicted octanol–water partition coefficient (Wildman–Crippen LogP) is 4.62. The average Bonchev–Trinajstić information content (AvgIpc) is 2.11. The van der Waals surface area contributed by atoms with Crippen molar-refractivity contribution in [2.24, 2.45) is 17.8 Å². The van der Waals surface area contributed by atoms with E-state index in [4.69, 9.17) is 0 Å². The van der Waals surface area contributed by atoms with Gasteiger partial charge in [-0.15, -0.1) is 0 Å². The highest BCUT2D eigenvalue weighted by atomic mass is 79.9. The molecule has 0 aromatic heterocycles. The van der Waals surface area contributed by atoms with E-state index < -0.39 is 0 Å². The first-order chi connectivity index (χ1) is 6.13. The van der Waals surface area contributed by atoms with Crippen molar-refractivity contribution in [1.82, 2.24) is 0 Å². The zero-order chi connectivity index (χ0) is 9.84. The number of hydrogen-bond donors (Lipinski definition) is 0. The molecule has 1 heteroatoms. The summed E-state index contributed by atoms with van der Waals surface area (Å²) in [6, 6.07) is 0. The average molecular weight is 247 g/mol. The van der Waals surface area contributed by atoms with Crippen molar-refractivity contribution in [1.29, 1.82) is 0 Å². The van der Waals surface area contributed by atoms with Gasteiger partial charge in [0.1, 0.15) is 0 Å². The Balaban J connectivity index is 2.37. The molecule has 0 bridgehead atoms. The molecule has 0 radical (unpaired) electrons. The Kier molecular flexibility index (Phi) is 4.78. The molecule has 0 heterocycles. The molecule has 0 spiro atoms. The Morgan fingerprint density at radius 2 is 2.08 bits per heavy atom. The van der Waals surface area contributed by atoms with E-state index in [0.29, 0.717) is 0 Å². The van der Waals surface area contributed by atoms with E-state index in [-0.39, 0.29) is 0 Å². The zero-order valence-corrected chi connectivity index (χ0v) is 10.8. The second-order valence-electron chi connectivity index (χ2n) is 4.94. The lowest BCUT2D eigenvalue weighted by molar-refractivity contribution is 0.253. The van der Waals surface area contributed by atoms with Crippen LogP contribution in [0.5, 0.6) is 0 Å². The van der Waals surface area contributed by atoms with E-state index in [1.807, 2.05) is 0 Å². The van der Waals surface area contributed by atoms with Crippen LogP contribution in [0.4, 0.5) is 0 Å². The summed E-state index contributed by atoms with van der Waals surface area (Å²) >= 11 is 3.84. The third-order valence-corrected chi connectivity index (χ3v) is 4.76. The molecule has 0 aromatic carbocycles. The van der Waals surface area contributed by atoms with Gasteiger partial charge in [-0.2, -0.15) is 0 Å². The van der Waals surface area contributed by atoms with Crippen LogP contribution in [-0.4, -0.2) is 4.83 Å². The van der Waals surface area contributed by atoms with Crippen molar-refractivity contribution < 1.29 is 0 Å². The molecule has 0 aromatic rings. The molecule has 1 aliphatic rings. The maximum Gasteiger partial charge on any atom is 0.0174 e. The van der Waals surface area contributed by atoms with E-state index in [9.17, 15) is 0 Å². The molecule has 78 valence electrons. The van der Waals surface area contributed by atoms with Crippen LogP contribution in [0.1, 0.15) is 52.9 Å².